The molecule has 2 aliphatic heterocycles. The summed E-state index contributed by atoms with van der Waals surface area (Å²) in [6.45, 7) is 9.41. The Kier molecular flexibility index (Phi) is 9.91. The molecule has 0 radical (unpaired) electrons. The third-order valence-corrected chi connectivity index (χ3v) is 4.58. The Bertz CT molecular complexity index is 719. The summed E-state index contributed by atoms with van der Waals surface area (Å²) in [5.74, 6) is 0.845. The van der Waals surface area contributed by atoms with Gasteiger partial charge in [0.25, 0.3) is 6.43 Å². The molecule has 2 aliphatic rings. The van der Waals surface area contributed by atoms with E-state index in [2.05, 4.69) is 9.89 Å². The number of halogens is 2. The van der Waals surface area contributed by atoms with Crippen LogP contribution in [0.1, 0.15) is 57.2 Å². The second-order valence-electron chi connectivity index (χ2n) is 6.48. The second-order valence-corrected chi connectivity index (χ2v) is 6.48. The van der Waals surface area contributed by atoms with Crippen LogP contribution in [0.4, 0.5) is 14.5 Å². The predicted octanol–water partition coefficient (Wildman–Crippen LogP) is 5.97. The first-order valence-electron chi connectivity index (χ1n) is 10.2. The summed E-state index contributed by atoms with van der Waals surface area (Å²) in [6, 6.07) is 3.62. The van der Waals surface area contributed by atoms with Crippen LogP contribution in [0.25, 0.3) is 5.57 Å². The maximum absolute atomic E-state index is 13.7. The van der Waals surface area contributed by atoms with Crippen molar-refractivity contribution in [2.24, 2.45) is 4.99 Å². The van der Waals surface area contributed by atoms with Gasteiger partial charge in [0.05, 0.1) is 6.54 Å². The van der Waals surface area contributed by atoms with Crippen molar-refractivity contribution < 1.29 is 8.78 Å². The van der Waals surface area contributed by atoms with Gasteiger partial charge in [0.2, 0.25) is 0 Å². The number of likely N-dealkylation sites (N-methyl/N-ethyl adjacent to an activating group) is 1. The number of rotatable bonds is 2. The van der Waals surface area contributed by atoms with E-state index in [0.717, 1.165) is 42.0 Å². The van der Waals surface area contributed by atoms with E-state index in [1.54, 1.807) is 6.07 Å². The minimum atomic E-state index is -2.49. The van der Waals surface area contributed by atoms with Crippen LogP contribution in [0.2, 0.25) is 0 Å². The van der Waals surface area contributed by atoms with Crippen molar-refractivity contribution in [2.75, 3.05) is 39.1 Å². The zero-order chi connectivity index (χ0) is 21.3. The smallest absolute Gasteiger partial charge is 0.264 e. The average Bonchev–Trinajstić information content (AvgIpc) is 2.97. The molecule has 0 fully saturated rings. The van der Waals surface area contributed by atoms with Crippen LogP contribution in [-0.2, 0) is 6.42 Å². The van der Waals surface area contributed by atoms with Gasteiger partial charge in [-0.15, -0.1) is 0 Å². The Morgan fingerprint density at radius 1 is 1.07 bits per heavy atom. The Labute approximate surface area is 169 Å². The number of hydrogen-bond donors (Lipinski definition) is 0. The molecule has 0 aromatic heterocycles. The molecule has 0 aliphatic carbocycles. The molecule has 0 bridgehead atoms. The summed E-state index contributed by atoms with van der Waals surface area (Å²) < 4.78 is 27.4. The van der Waals surface area contributed by atoms with Crippen LogP contribution >= 0.6 is 0 Å². The predicted molar refractivity (Wildman–Crippen MR) is 119 cm³/mol. The molecule has 28 heavy (non-hydrogen) atoms. The summed E-state index contributed by atoms with van der Waals surface area (Å²) in [4.78, 5) is 8.44. The Morgan fingerprint density at radius 3 is 2.36 bits per heavy atom. The van der Waals surface area contributed by atoms with Gasteiger partial charge in [0.15, 0.2) is 0 Å². The fourth-order valence-electron chi connectivity index (χ4n) is 3.28. The highest BCUT2D eigenvalue weighted by atomic mass is 19.3. The van der Waals surface area contributed by atoms with Gasteiger partial charge in [-0.25, -0.2) is 8.78 Å². The third-order valence-electron chi connectivity index (χ3n) is 4.58. The topological polar surface area (TPSA) is 18.8 Å². The molecule has 0 saturated heterocycles. The molecule has 3 rings (SSSR count). The number of benzene rings is 1. The van der Waals surface area contributed by atoms with E-state index in [-0.39, 0.29) is 5.56 Å². The summed E-state index contributed by atoms with van der Waals surface area (Å²) in [5.41, 5.74) is 3.64. The largest absolute Gasteiger partial charge is 0.374 e. The molecule has 1 aromatic rings. The molecule has 0 saturated carbocycles. The fraction of sp³-hybridized carbons (Fsp3) is 0.522. The molecule has 0 atom stereocenters. The summed E-state index contributed by atoms with van der Waals surface area (Å²) in [7, 11) is 5.82. The molecule has 0 amide bonds. The molecule has 5 heteroatoms. The zero-order valence-electron chi connectivity index (χ0n) is 18.4. The van der Waals surface area contributed by atoms with Crippen LogP contribution in [0.15, 0.2) is 35.4 Å². The Morgan fingerprint density at radius 2 is 1.75 bits per heavy atom. The summed E-state index contributed by atoms with van der Waals surface area (Å²) in [5, 5.41) is 0. The quantitative estimate of drug-likeness (QED) is 0.618. The van der Waals surface area contributed by atoms with E-state index < -0.39 is 6.43 Å². The highest BCUT2D eigenvalue weighted by Crippen LogP contribution is 2.37. The number of aryl methyl sites for hydroxylation is 1. The maximum atomic E-state index is 13.7. The van der Waals surface area contributed by atoms with Crippen molar-refractivity contribution >= 4 is 17.1 Å². The first kappa shape index (κ1) is 23.9. The van der Waals surface area contributed by atoms with Crippen molar-refractivity contribution in [1.82, 2.24) is 4.90 Å². The molecule has 2 heterocycles. The lowest BCUT2D eigenvalue weighted by Crippen LogP contribution is -2.25. The Hall–Kier alpha value is -2.17. The standard InChI is InChI=1S/C19H23F2N3.2C2H6/c1-23(2)18-7-6-13(8-9-22-18)15-11-14-5-4-10-24(3)17(14)12-16(15)19(20)21;2*1-2/h6-8,11-12,19H,4-5,9-10H2,1-3H3;2*1-2H3. The van der Waals surface area contributed by atoms with Crippen LogP contribution < -0.4 is 4.90 Å². The SMILES string of the molecule is CC.CC.CN(C)C1=NCC=C(c2cc3c(cc2C(F)F)N(C)CCC3)C=C1. The number of anilines is 1. The normalized spacial score (nSPS) is 15.3. The summed E-state index contributed by atoms with van der Waals surface area (Å²) in [6.07, 6.45) is 5.21. The van der Waals surface area contributed by atoms with Gasteiger partial charge in [0, 0.05) is 38.9 Å². The number of amidine groups is 1. The fourth-order valence-corrected chi connectivity index (χ4v) is 3.28. The van der Waals surface area contributed by atoms with Crippen LogP contribution in [-0.4, -0.2) is 45.0 Å². The van der Waals surface area contributed by atoms with Crippen LogP contribution in [0.3, 0.4) is 0 Å². The first-order valence-corrected chi connectivity index (χ1v) is 10.2. The van der Waals surface area contributed by atoms with Gasteiger partial charge < -0.3 is 9.80 Å². The lowest BCUT2D eigenvalue weighted by atomic mass is 9.91. The van der Waals surface area contributed by atoms with Crippen molar-refractivity contribution in [1.29, 1.82) is 0 Å². The number of alkyl halides is 2. The lowest BCUT2D eigenvalue weighted by Gasteiger charge is -2.29. The van der Waals surface area contributed by atoms with E-state index in [1.807, 2.05) is 78.0 Å². The van der Waals surface area contributed by atoms with Crippen LogP contribution in [0, 0.1) is 0 Å². The Balaban J connectivity index is 0.000000921. The minimum absolute atomic E-state index is 0.103. The number of allylic oxidation sites excluding steroid dienone is 2. The average molecular weight is 392 g/mol. The van der Waals surface area contributed by atoms with Crippen molar-refractivity contribution in [2.45, 2.75) is 47.0 Å². The number of aliphatic imine (C=N–C) groups is 1. The second kappa shape index (κ2) is 11.6. The molecule has 0 N–H and O–H groups in total. The molecule has 0 unspecified atom stereocenters. The minimum Gasteiger partial charge on any atom is -0.374 e. The monoisotopic (exact) mass is 391 g/mol. The van der Waals surface area contributed by atoms with Gasteiger partial charge in [0.1, 0.15) is 5.84 Å². The number of fused-ring (bicyclic) bond motifs is 1. The van der Waals surface area contributed by atoms with Crippen LogP contribution in [0.5, 0.6) is 0 Å². The number of hydrogen-bond acceptors (Lipinski definition) is 3. The highest BCUT2D eigenvalue weighted by Gasteiger charge is 2.22. The van der Waals surface area contributed by atoms with E-state index in [4.69, 9.17) is 0 Å². The van der Waals surface area contributed by atoms with Crippen molar-refractivity contribution in [3.05, 3.63) is 47.1 Å². The molecule has 0 spiro atoms. The van der Waals surface area contributed by atoms with Gasteiger partial charge in [-0.2, -0.15) is 0 Å². The summed E-state index contributed by atoms with van der Waals surface area (Å²) >= 11 is 0. The van der Waals surface area contributed by atoms with Gasteiger partial charge in [-0.05, 0) is 47.8 Å². The first-order chi connectivity index (χ1) is 13.5. The molecular formula is C23H35F2N3. The molecule has 156 valence electrons. The zero-order valence-corrected chi connectivity index (χ0v) is 18.4. The maximum Gasteiger partial charge on any atom is 0.264 e. The molecular weight excluding hydrogens is 356 g/mol. The van der Waals surface area contributed by atoms with Crippen molar-refractivity contribution in [3.63, 3.8) is 0 Å². The third kappa shape index (κ3) is 5.66. The van der Waals surface area contributed by atoms with E-state index in [1.165, 1.54) is 0 Å². The van der Waals surface area contributed by atoms with E-state index >= 15 is 0 Å². The lowest BCUT2D eigenvalue weighted by molar-refractivity contribution is 0.151. The van der Waals surface area contributed by atoms with E-state index in [0.29, 0.717) is 12.1 Å². The van der Waals surface area contributed by atoms with Crippen molar-refractivity contribution in [3.8, 4) is 0 Å². The molecule has 1 aromatic carbocycles. The van der Waals surface area contributed by atoms with Gasteiger partial charge in [-0.3, -0.25) is 4.99 Å². The van der Waals surface area contributed by atoms with E-state index in [9.17, 15) is 8.78 Å². The van der Waals surface area contributed by atoms with Gasteiger partial charge >= 0.3 is 0 Å². The molecule has 3 nitrogen and oxygen atoms in total. The number of nitrogens with zero attached hydrogens (tertiary/aromatic N) is 3. The van der Waals surface area contributed by atoms with Gasteiger partial charge in [-0.1, -0.05) is 39.8 Å². The highest BCUT2D eigenvalue weighted by molar-refractivity contribution is 5.96.